The smallest absolute Gasteiger partial charge is 0.254 e. The zero-order valence-corrected chi connectivity index (χ0v) is 19.5. The lowest BCUT2D eigenvalue weighted by Crippen LogP contribution is -2.43. The molecule has 1 aliphatic rings. The summed E-state index contributed by atoms with van der Waals surface area (Å²) in [5.41, 5.74) is 14.7. The molecular formula is C26H29N7O. The predicted octanol–water partition coefficient (Wildman–Crippen LogP) is 3.71. The molecule has 5 N–H and O–H groups in total. The van der Waals surface area contributed by atoms with E-state index in [0.717, 1.165) is 36.1 Å². The third-order valence-corrected chi connectivity index (χ3v) is 6.09. The molecule has 0 bridgehead atoms. The van der Waals surface area contributed by atoms with Gasteiger partial charge in [-0.3, -0.25) is 4.79 Å². The van der Waals surface area contributed by atoms with E-state index in [1.165, 1.54) is 6.20 Å². The SMILES string of the molecule is CC(C)(C#N)c1cc(Nc2nc(N3CCC[C@H](N)C3)ncc2C(N)=O)cc(-c2ccccc2)c1. The van der Waals surface area contributed by atoms with Crippen molar-refractivity contribution in [1.29, 1.82) is 5.26 Å². The number of nitrogens with zero attached hydrogens (tertiary/aromatic N) is 4. The lowest BCUT2D eigenvalue weighted by molar-refractivity contribution is 0.100. The number of piperidine rings is 1. The molecule has 0 saturated carbocycles. The van der Waals surface area contributed by atoms with E-state index in [2.05, 4.69) is 21.4 Å². The van der Waals surface area contributed by atoms with E-state index in [1.54, 1.807) is 0 Å². The fraction of sp³-hybridized carbons (Fsp3) is 0.308. The van der Waals surface area contributed by atoms with Gasteiger partial charge in [0.1, 0.15) is 11.4 Å². The number of benzene rings is 2. The van der Waals surface area contributed by atoms with E-state index in [0.29, 0.717) is 24.0 Å². The summed E-state index contributed by atoms with van der Waals surface area (Å²) in [6.07, 6.45) is 3.37. The summed E-state index contributed by atoms with van der Waals surface area (Å²) in [6.45, 7) is 5.20. The normalized spacial score (nSPS) is 16.1. The summed E-state index contributed by atoms with van der Waals surface area (Å²) in [6, 6.07) is 18.2. The molecule has 34 heavy (non-hydrogen) atoms. The van der Waals surface area contributed by atoms with Crippen molar-refractivity contribution in [3.05, 3.63) is 65.9 Å². The third-order valence-electron chi connectivity index (χ3n) is 6.09. The van der Waals surface area contributed by atoms with E-state index < -0.39 is 11.3 Å². The van der Waals surface area contributed by atoms with E-state index in [-0.39, 0.29) is 11.6 Å². The third kappa shape index (κ3) is 5.00. The van der Waals surface area contributed by atoms with Gasteiger partial charge in [-0.25, -0.2) is 4.98 Å². The molecule has 4 rings (SSSR count). The van der Waals surface area contributed by atoms with Crippen LogP contribution >= 0.6 is 0 Å². The van der Waals surface area contributed by atoms with Crippen LogP contribution in [0, 0.1) is 11.3 Å². The van der Waals surface area contributed by atoms with Gasteiger partial charge in [0.2, 0.25) is 5.95 Å². The second kappa shape index (κ2) is 9.49. The number of primary amides is 1. The van der Waals surface area contributed by atoms with Crippen LogP contribution in [0.1, 0.15) is 42.6 Å². The van der Waals surface area contributed by atoms with Crippen molar-refractivity contribution in [3.8, 4) is 17.2 Å². The van der Waals surface area contributed by atoms with Gasteiger partial charge < -0.3 is 21.7 Å². The Labute approximate surface area is 199 Å². The maximum Gasteiger partial charge on any atom is 0.254 e. The maximum absolute atomic E-state index is 12.1. The number of hydrogen-bond donors (Lipinski definition) is 3. The minimum atomic E-state index is -0.714. The van der Waals surface area contributed by atoms with Crippen molar-refractivity contribution in [3.63, 3.8) is 0 Å². The van der Waals surface area contributed by atoms with E-state index in [1.807, 2.05) is 67.3 Å². The van der Waals surface area contributed by atoms with E-state index in [9.17, 15) is 10.1 Å². The number of nitrogens with two attached hydrogens (primary N) is 2. The van der Waals surface area contributed by atoms with Crippen molar-refractivity contribution in [1.82, 2.24) is 9.97 Å². The van der Waals surface area contributed by atoms with Gasteiger partial charge in [0.05, 0.1) is 11.5 Å². The van der Waals surface area contributed by atoms with Crippen LogP contribution < -0.4 is 21.7 Å². The van der Waals surface area contributed by atoms with Crippen molar-refractivity contribution in [2.24, 2.45) is 11.5 Å². The number of nitrogens with one attached hydrogen (secondary N) is 1. The first-order valence-electron chi connectivity index (χ1n) is 11.3. The van der Waals surface area contributed by atoms with E-state index in [4.69, 9.17) is 11.5 Å². The summed E-state index contributed by atoms with van der Waals surface area (Å²) in [4.78, 5) is 23.2. The number of anilines is 3. The zero-order valence-electron chi connectivity index (χ0n) is 19.5. The summed E-state index contributed by atoms with van der Waals surface area (Å²) in [7, 11) is 0. The highest BCUT2D eigenvalue weighted by molar-refractivity contribution is 5.98. The van der Waals surface area contributed by atoms with E-state index >= 15 is 0 Å². The molecular weight excluding hydrogens is 426 g/mol. The average Bonchev–Trinajstić information content (AvgIpc) is 2.84. The molecule has 8 nitrogen and oxygen atoms in total. The van der Waals surface area contributed by atoms with Crippen molar-refractivity contribution in [2.45, 2.75) is 38.1 Å². The Hall–Kier alpha value is -3.96. The highest BCUT2D eigenvalue weighted by Crippen LogP contribution is 2.33. The molecule has 0 radical (unpaired) electrons. The Kier molecular flexibility index (Phi) is 6.48. The molecule has 1 amide bonds. The first-order chi connectivity index (χ1) is 16.3. The predicted molar refractivity (Wildman–Crippen MR) is 134 cm³/mol. The minimum Gasteiger partial charge on any atom is -0.365 e. The van der Waals surface area contributed by atoms with Crippen LogP contribution in [0.25, 0.3) is 11.1 Å². The van der Waals surface area contributed by atoms with Gasteiger partial charge in [-0.2, -0.15) is 10.2 Å². The lowest BCUT2D eigenvalue weighted by Gasteiger charge is -2.31. The Balaban J connectivity index is 1.77. The Morgan fingerprint density at radius 3 is 2.65 bits per heavy atom. The standard InChI is InChI=1S/C26H29N7O/c1-26(2,16-27)19-11-18(17-7-4-3-5-8-17)12-21(13-19)31-24-22(23(29)34)14-30-25(32-24)33-10-6-9-20(28)15-33/h3-5,7-8,11-14,20H,6,9-10,15,28H2,1-2H3,(H2,29,34)(H,30,31,32)/t20-/m0/s1. The topological polar surface area (TPSA) is 134 Å². The molecule has 3 aromatic rings. The highest BCUT2D eigenvalue weighted by Gasteiger charge is 2.23. The molecule has 1 saturated heterocycles. The summed E-state index contributed by atoms with van der Waals surface area (Å²) < 4.78 is 0. The average molecular weight is 456 g/mol. The van der Waals surface area contributed by atoms with Crippen LogP contribution in [0.4, 0.5) is 17.5 Å². The number of amides is 1. The van der Waals surface area contributed by atoms with Gasteiger partial charge in [0, 0.05) is 31.0 Å². The van der Waals surface area contributed by atoms with Crippen molar-refractivity contribution in [2.75, 3.05) is 23.3 Å². The molecule has 1 atom stereocenters. The second-order valence-electron chi connectivity index (χ2n) is 9.17. The molecule has 0 spiro atoms. The minimum absolute atomic E-state index is 0.0582. The Morgan fingerprint density at radius 2 is 1.97 bits per heavy atom. The maximum atomic E-state index is 12.1. The van der Waals surface area contributed by atoms with Crippen molar-refractivity contribution >= 4 is 23.4 Å². The number of nitriles is 1. The molecule has 2 aromatic carbocycles. The van der Waals surface area contributed by atoms with Crippen LogP contribution in [0.3, 0.4) is 0 Å². The number of rotatable bonds is 6. The number of carbonyl (C=O) groups is 1. The molecule has 1 fully saturated rings. The molecule has 2 heterocycles. The fourth-order valence-electron chi connectivity index (χ4n) is 4.05. The quantitative estimate of drug-likeness (QED) is 0.516. The first-order valence-corrected chi connectivity index (χ1v) is 11.3. The van der Waals surface area contributed by atoms with Crippen LogP contribution in [0.15, 0.2) is 54.7 Å². The van der Waals surface area contributed by atoms with Crippen LogP contribution in [0.5, 0.6) is 0 Å². The zero-order chi connectivity index (χ0) is 24.3. The fourth-order valence-corrected chi connectivity index (χ4v) is 4.05. The van der Waals surface area contributed by atoms with Crippen LogP contribution in [-0.4, -0.2) is 35.0 Å². The van der Waals surface area contributed by atoms with Gasteiger partial charge >= 0.3 is 0 Å². The first kappa shape index (κ1) is 23.2. The van der Waals surface area contributed by atoms with Crippen molar-refractivity contribution < 1.29 is 4.79 Å². The molecule has 1 aromatic heterocycles. The highest BCUT2D eigenvalue weighted by atomic mass is 16.1. The molecule has 1 aliphatic heterocycles. The summed E-state index contributed by atoms with van der Waals surface area (Å²) in [5, 5.41) is 13.0. The van der Waals surface area contributed by atoms with Gasteiger partial charge in [-0.15, -0.1) is 0 Å². The molecule has 8 heteroatoms. The Morgan fingerprint density at radius 1 is 1.21 bits per heavy atom. The second-order valence-corrected chi connectivity index (χ2v) is 9.17. The number of aromatic nitrogens is 2. The lowest BCUT2D eigenvalue weighted by atomic mass is 9.84. The number of carbonyl (C=O) groups excluding carboxylic acids is 1. The van der Waals surface area contributed by atoms with Crippen LogP contribution in [0.2, 0.25) is 0 Å². The molecule has 0 unspecified atom stereocenters. The monoisotopic (exact) mass is 455 g/mol. The summed E-state index contributed by atoms with van der Waals surface area (Å²) in [5.74, 6) is 0.197. The largest absolute Gasteiger partial charge is 0.365 e. The summed E-state index contributed by atoms with van der Waals surface area (Å²) >= 11 is 0. The van der Waals surface area contributed by atoms with Gasteiger partial charge in [0.25, 0.3) is 5.91 Å². The molecule has 174 valence electrons. The van der Waals surface area contributed by atoms with Crippen LogP contribution in [-0.2, 0) is 5.41 Å². The van der Waals surface area contributed by atoms with Gasteiger partial charge in [-0.1, -0.05) is 30.3 Å². The Bertz CT molecular complexity index is 1230. The molecule has 0 aliphatic carbocycles. The number of hydrogen-bond acceptors (Lipinski definition) is 7. The van der Waals surface area contributed by atoms with Gasteiger partial charge in [0.15, 0.2) is 0 Å². The van der Waals surface area contributed by atoms with Gasteiger partial charge in [-0.05, 0) is 61.6 Å².